The molecule has 1 atom stereocenters. The van der Waals surface area contributed by atoms with Gasteiger partial charge in [-0.05, 0) is 55.2 Å². The van der Waals surface area contributed by atoms with Crippen molar-refractivity contribution in [1.82, 2.24) is 10.2 Å². The maximum absolute atomic E-state index is 13.0. The van der Waals surface area contributed by atoms with Crippen LogP contribution in [0.15, 0.2) is 48.5 Å². The van der Waals surface area contributed by atoms with Crippen LogP contribution in [0.3, 0.4) is 0 Å². The molecule has 0 saturated carbocycles. The van der Waals surface area contributed by atoms with Crippen molar-refractivity contribution in [2.24, 2.45) is 5.92 Å². The number of halogens is 1. The van der Waals surface area contributed by atoms with E-state index in [-0.39, 0.29) is 18.4 Å². The highest BCUT2D eigenvalue weighted by Gasteiger charge is 2.26. The van der Waals surface area contributed by atoms with Crippen molar-refractivity contribution in [1.29, 1.82) is 0 Å². The summed E-state index contributed by atoms with van der Waals surface area (Å²) in [5.41, 5.74) is 2.06. The van der Waals surface area contributed by atoms with E-state index >= 15 is 0 Å². The summed E-state index contributed by atoms with van der Waals surface area (Å²) < 4.78 is 5.62. The first kappa shape index (κ1) is 22.8. The minimum absolute atomic E-state index is 0.157. The smallest absolute Gasteiger partial charge is 0.261 e. The van der Waals surface area contributed by atoms with Crippen molar-refractivity contribution < 1.29 is 14.3 Å². The zero-order chi connectivity index (χ0) is 21.4. The second-order valence-electron chi connectivity index (χ2n) is 7.51. The van der Waals surface area contributed by atoms with E-state index in [2.05, 4.69) is 5.32 Å². The van der Waals surface area contributed by atoms with Crippen LogP contribution in [0.25, 0.3) is 0 Å². The minimum Gasteiger partial charge on any atom is -0.484 e. The van der Waals surface area contributed by atoms with Crippen LogP contribution in [0.4, 0.5) is 0 Å². The van der Waals surface area contributed by atoms with Gasteiger partial charge in [-0.3, -0.25) is 9.59 Å². The molecule has 0 heterocycles. The molecule has 0 aromatic heterocycles. The molecule has 0 aliphatic carbocycles. The lowest BCUT2D eigenvalue weighted by atomic mass is 10.1. The molecule has 2 amide bonds. The molecule has 2 aromatic rings. The lowest BCUT2D eigenvalue weighted by Gasteiger charge is -2.29. The Morgan fingerprint density at radius 2 is 1.72 bits per heavy atom. The van der Waals surface area contributed by atoms with Crippen LogP contribution in [-0.4, -0.2) is 35.9 Å². The van der Waals surface area contributed by atoms with E-state index in [1.807, 2.05) is 45.0 Å². The van der Waals surface area contributed by atoms with E-state index in [1.165, 1.54) is 0 Å². The van der Waals surface area contributed by atoms with Crippen LogP contribution in [-0.2, 0) is 16.1 Å². The van der Waals surface area contributed by atoms with Crippen LogP contribution in [0.5, 0.6) is 5.75 Å². The van der Waals surface area contributed by atoms with E-state index in [9.17, 15) is 9.59 Å². The summed E-state index contributed by atoms with van der Waals surface area (Å²) in [6.45, 7) is 8.54. The van der Waals surface area contributed by atoms with Gasteiger partial charge in [-0.2, -0.15) is 0 Å². The van der Waals surface area contributed by atoms with Crippen molar-refractivity contribution >= 4 is 23.4 Å². The maximum Gasteiger partial charge on any atom is 0.261 e. The Balaban J connectivity index is 2.13. The summed E-state index contributed by atoms with van der Waals surface area (Å²) in [5.74, 6) is 0.456. The molecule has 5 nitrogen and oxygen atoms in total. The van der Waals surface area contributed by atoms with Crippen molar-refractivity contribution in [3.8, 4) is 5.75 Å². The summed E-state index contributed by atoms with van der Waals surface area (Å²) >= 11 is 5.88. The van der Waals surface area contributed by atoms with E-state index in [1.54, 1.807) is 36.1 Å². The van der Waals surface area contributed by atoms with Gasteiger partial charge in [-0.15, -0.1) is 0 Å². The van der Waals surface area contributed by atoms with Crippen LogP contribution in [0.1, 0.15) is 31.9 Å². The predicted molar refractivity (Wildman–Crippen MR) is 116 cm³/mol. The standard InChI is InChI=1S/C23H29ClN2O3/c1-16(2)13-25-23(28)18(4)26(14-19-8-6-5-7-17(19)3)22(27)15-29-21-11-9-20(24)10-12-21/h5-12,16,18H,13-15H2,1-4H3,(H,25,28)/t18-/m0/s1. The van der Waals surface area contributed by atoms with Gasteiger partial charge in [0.05, 0.1) is 0 Å². The first-order valence-electron chi connectivity index (χ1n) is 9.78. The number of hydrogen-bond acceptors (Lipinski definition) is 3. The third kappa shape index (κ3) is 7.09. The Bertz CT molecular complexity index is 821. The number of nitrogens with zero attached hydrogens (tertiary/aromatic N) is 1. The average Bonchev–Trinajstić information content (AvgIpc) is 2.70. The van der Waals surface area contributed by atoms with Crippen molar-refractivity contribution in [2.45, 2.75) is 40.3 Å². The average molecular weight is 417 g/mol. The molecule has 2 rings (SSSR count). The van der Waals surface area contributed by atoms with E-state index in [0.717, 1.165) is 11.1 Å². The number of hydrogen-bond donors (Lipinski definition) is 1. The molecule has 156 valence electrons. The van der Waals surface area contributed by atoms with Crippen molar-refractivity contribution in [3.63, 3.8) is 0 Å². The molecule has 0 bridgehead atoms. The van der Waals surface area contributed by atoms with Gasteiger partial charge >= 0.3 is 0 Å². The Hall–Kier alpha value is -2.53. The Labute approximate surface area is 178 Å². The van der Waals surface area contributed by atoms with Crippen LogP contribution in [0, 0.1) is 12.8 Å². The van der Waals surface area contributed by atoms with E-state index in [0.29, 0.717) is 29.8 Å². The van der Waals surface area contributed by atoms with E-state index in [4.69, 9.17) is 16.3 Å². The molecule has 0 aliphatic rings. The fourth-order valence-corrected chi connectivity index (χ4v) is 2.89. The van der Waals surface area contributed by atoms with Gasteiger partial charge in [0.2, 0.25) is 5.91 Å². The van der Waals surface area contributed by atoms with Crippen LogP contribution >= 0.6 is 11.6 Å². The summed E-state index contributed by atoms with van der Waals surface area (Å²) in [5, 5.41) is 3.51. The second-order valence-corrected chi connectivity index (χ2v) is 7.94. The summed E-state index contributed by atoms with van der Waals surface area (Å²) in [7, 11) is 0. The molecule has 0 unspecified atom stereocenters. The number of carbonyl (C=O) groups is 2. The van der Waals surface area contributed by atoms with Gasteiger partial charge < -0.3 is 15.0 Å². The number of carbonyl (C=O) groups excluding carboxylic acids is 2. The fraction of sp³-hybridized carbons (Fsp3) is 0.391. The quantitative estimate of drug-likeness (QED) is 0.665. The maximum atomic E-state index is 13.0. The molecular formula is C23H29ClN2O3. The largest absolute Gasteiger partial charge is 0.484 e. The number of nitrogens with one attached hydrogen (secondary N) is 1. The SMILES string of the molecule is Cc1ccccc1CN(C(=O)COc1ccc(Cl)cc1)[C@@H](C)C(=O)NCC(C)C. The Morgan fingerprint density at radius 1 is 1.07 bits per heavy atom. The third-order valence-corrected chi connectivity index (χ3v) is 4.88. The molecule has 29 heavy (non-hydrogen) atoms. The summed E-state index contributed by atoms with van der Waals surface area (Å²) in [6, 6.07) is 14.0. The van der Waals surface area contributed by atoms with Crippen LogP contribution in [0.2, 0.25) is 5.02 Å². The predicted octanol–water partition coefficient (Wildman–Crippen LogP) is 4.22. The normalized spacial score (nSPS) is 11.8. The van der Waals surface area contributed by atoms with Gasteiger partial charge in [0.25, 0.3) is 5.91 Å². The molecule has 0 fully saturated rings. The monoisotopic (exact) mass is 416 g/mol. The van der Waals surface area contributed by atoms with Gasteiger partial charge in [-0.25, -0.2) is 0 Å². The number of ether oxygens (including phenoxy) is 1. The molecule has 0 aliphatic heterocycles. The van der Waals surface area contributed by atoms with Gasteiger partial charge in [0.15, 0.2) is 6.61 Å². The molecule has 6 heteroatoms. The fourth-order valence-electron chi connectivity index (χ4n) is 2.76. The highest BCUT2D eigenvalue weighted by Crippen LogP contribution is 2.17. The highest BCUT2D eigenvalue weighted by atomic mass is 35.5. The molecule has 2 aromatic carbocycles. The first-order chi connectivity index (χ1) is 13.8. The Kier molecular flexibility index (Phi) is 8.52. The highest BCUT2D eigenvalue weighted by molar-refractivity contribution is 6.30. The van der Waals surface area contributed by atoms with Gasteiger partial charge in [0.1, 0.15) is 11.8 Å². The van der Waals surface area contributed by atoms with Crippen molar-refractivity contribution in [3.05, 3.63) is 64.7 Å². The minimum atomic E-state index is -0.616. The van der Waals surface area contributed by atoms with Gasteiger partial charge in [0, 0.05) is 18.1 Å². The lowest BCUT2D eigenvalue weighted by Crippen LogP contribution is -2.49. The summed E-state index contributed by atoms with van der Waals surface area (Å²) in [6.07, 6.45) is 0. The number of benzene rings is 2. The zero-order valence-electron chi connectivity index (χ0n) is 17.4. The summed E-state index contributed by atoms with van der Waals surface area (Å²) in [4.78, 5) is 27.2. The third-order valence-electron chi connectivity index (χ3n) is 4.63. The Morgan fingerprint density at radius 3 is 2.34 bits per heavy atom. The van der Waals surface area contributed by atoms with Crippen LogP contribution < -0.4 is 10.1 Å². The number of amides is 2. The van der Waals surface area contributed by atoms with Crippen molar-refractivity contribution in [2.75, 3.05) is 13.2 Å². The number of rotatable bonds is 9. The molecule has 1 N–H and O–H groups in total. The molecule has 0 saturated heterocycles. The topological polar surface area (TPSA) is 58.6 Å². The zero-order valence-corrected chi connectivity index (χ0v) is 18.2. The second kappa shape index (κ2) is 10.9. The van der Waals surface area contributed by atoms with E-state index < -0.39 is 6.04 Å². The molecule has 0 spiro atoms. The molecular weight excluding hydrogens is 388 g/mol. The number of aryl methyl sites for hydroxylation is 1. The lowest BCUT2D eigenvalue weighted by molar-refractivity contribution is -0.142. The first-order valence-corrected chi connectivity index (χ1v) is 10.2. The molecule has 0 radical (unpaired) electrons. The van der Waals surface area contributed by atoms with Gasteiger partial charge in [-0.1, -0.05) is 49.7 Å².